The van der Waals surface area contributed by atoms with Crippen LogP contribution in [0.5, 0.6) is 0 Å². The minimum atomic E-state index is 0.496. The summed E-state index contributed by atoms with van der Waals surface area (Å²) in [7, 11) is 0. The first-order valence-electron chi connectivity index (χ1n) is 5.95. The molecule has 0 fully saturated rings. The van der Waals surface area contributed by atoms with Crippen LogP contribution in [0.3, 0.4) is 0 Å². The molecular weight excluding hydrogens is 222 g/mol. The number of rotatable bonds is 4. The Morgan fingerprint density at radius 3 is 2.72 bits per heavy atom. The molecule has 2 heteroatoms. The highest BCUT2D eigenvalue weighted by Crippen LogP contribution is 2.06. The zero-order valence-electron chi connectivity index (χ0n) is 10.7. The normalized spacial score (nSPS) is 11.3. The molecule has 0 amide bonds. The van der Waals surface area contributed by atoms with E-state index >= 15 is 0 Å². The molecule has 18 heavy (non-hydrogen) atoms. The van der Waals surface area contributed by atoms with Crippen molar-refractivity contribution in [3.63, 3.8) is 0 Å². The van der Waals surface area contributed by atoms with E-state index in [1.54, 1.807) is 0 Å². The summed E-state index contributed by atoms with van der Waals surface area (Å²) in [5.74, 6) is 0. The molecule has 0 N–H and O–H groups in total. The van der Waals surface area contributed by atoms with Crippen LogP contribution in [-0.2, 0) is 11.4 Å². The molecule has 2 nitrogen and oxygen atoms in total. The number of benzene rings is 2. The first kappa shape index (κ1) is 12.4. The van der Waals surface area contributed by atoms with E-state index in [1.807, 2.05) is 62.4 Å². The predicted molar refractivity (Wildman–Crippen MR) is 73.5 cm³/mol. The van der Waals surface area contributed by atoms with Crippen LogP contribution >= 0.6 is 0 Å². The number of aryl methyl sites for hydroxylation is 1. The molecule has 0 spiro atoms. The highest BCUT2D eigenvalue weighted by atomic mass is 16.6. The van der Waals surface area contributed by atoms with Crippen LogP contribution < -0.4 is 0 Å². The Kier molecular flexibility index (Phi) is 4.13. The van der Waals surface area contributed by atoms with E-state index < -0.39 is 0 Å². The van der Waals surface area contributed by atoms with Crippen LogP contribution in [0.2, 0.25) is 0 Å². The van der Waals surface area contributed by atoms with Crippen molar-refractivity contribution in [3.05, 3.63) is 71.3 Å². The lowest BCUT2D eigenvalue weighted by atomic mass is 10.1. The minimum absolute atomic E-state index is 0.496. The van der Waals surface area contributed by atoms with Gasteiger partial charge >= 0.3 is 0 Å². The minimum Gasteiger partial charge on any atom is -0.391 e. The smallest absolute Gasteiger partial charge is 0.142 e. The quantitative estimate of drug-likeness (QED) is 0.587. The summed E-state index contributed by atoms with van der Waals surface area (Å²) in [5.41, 5.74) is 4.17. The van der Waals surface area contributed by atoms with Gasteiger partial charge in [-0.1, -0.05) is 47.6 Å². The monoisotopic (exact) mass is 238 g/mol. The van der Waals surface area contributed by atoms with Gasteiger partial charge < -0.3 is 4.84 Å². The van der Waals surface area contributed by atoms with Crippen LogP contribution in [0.4, 0.5) is 0 Å². The van der Waals surface area contributed by atoms with E-state index in [1.165, 1.54) is 0 Å². The van der Waals surface area contributed by atoms with Gasteiger partial charge in [-0.05, 0) is 42.7 Å². The third-order valence-corrected chi connectivity index (χ3v) is 2.64. The number of hydrogen-bond donors (Lipinski definition) is 0. The van der Waals surface area contributed by atoms with Crippen molar-refractivity contribution in [2.24, 2.45) is 5.16 Å². The Labute approximate surface area is 108 Å². The zero-order chi connectivity index (χ0) is 12.8. The summed E-state index contributed by atoms with van der Waals surface area (Å²) in [6.07, 6.45) is 0. The van der Waals surface area contributed by atoms with Crippen molar-refractivity contribution in [2.75, 3.05) is 0 Å². The third-order valence-electron chi connectivity index (χ3n) is 2.64. The highest BCUT2D eigenvalue weighted by Gasteiger charge is 1.98. The molecular formula is C16H16NO. The van der Waals surface area contributed by atoms with Gasteiger partial charge in [-0.3, -0.25) is 0 Å². The van der Waals surface area contributed by atoms with Gasteiger partial charge in [0.25, 0.3) is 0 Å². The van der Waals surface area contributed by atoms with Crippen molar-refractivity contribution in [2.45, 2.75) is 20.5 Å². The molecule has 0 aromatic heterocycles. The van der Waals surface area contributed by atoms with Crippen LogP contribution in [0, 0.1) is 13.0 Å². The second kappa shape index (κ2) is 6.01. The van der Waals surface area contributed by atoms with Gasteiger partial charge in [0.15, 0.2) is 0 Å². The van der Waals surface area contributed by atoms with Gasteiger partial charge in [-0.2, -0.15) is 0 Å². The average molecular weight is 238 g/mol. The Morgan fingerprint density at radius 1 is 1.22 bits per heavy atom. The largest absolute Gasteiger partial charge is 0.391 e. The molecule has 0 unspecified atom stereocenters. The summed E-state index contributed by atoms with van der Waals surface area (Å²) in [6.45, 7) is 4.46. The van der Waals surface area contributed by atoms with Crippen molar-refractivity contribution in [1.29, 1.82) is 0 Å². The molecule has 0 saturated carbocycles. The van der Waals surface area contributed by atoms with E-state index in [-0.39, 0.29) is 0 Å². The van der Waals surface area contributed by atoms with E-state index in [0.717, 1.165) is 22.4 Å². The molecule has 0 saturated heterocycles. The highest BCUT2D eigenvalue weighted by molar-refractivity contribution is 5.98. The number of nitrogens with zero attached hydrogens (tertiary/aromatic N) is 1. The molecule has 2 rings (SSSR count). The van der Waals surface area contributed by atoms with Crippen LogP contribution in [0.15, 0.2) is 53.7 Å². The summed E-state index contributed by atoms with van der Waals surface area (Å²) >= 11 is 0. The third kappa shape index (κ3) is 3.45. The Morgan fingerprint density at radius 2 is 2.00 bits per heavy atom. The summed E-state index contributed by atoms with van der Waals surface area (Å²) in [6, 6.07) is 19.1. The predicted octanol–water partition coefficient (Wildman–Crippen LogP) is 3.74. The molecule has 2 aromatic carbocycles. The average Bonchev–Trinajstić information content (AvgIpc) is 2.40. The standard InChI is InChI=1S/C16H16NO/c1-13-7-6-10-16(11-13)14(2)17-18-12-15-8-4-3-5-9-15/h3-6,8-11H,12H2,1-2H3. The molecule has 0 aliphatic rings. The maximum absolute atomic E-state index is 5.35. The van der Waals surface area contributed by atoms with Crippen molar-refractivity contribution >= 4 is 5.71 Å². The molecule has 0 bridgehead atoms. The molecule has 91 valence electrons. The van der Waals surface area contributed by atoms with Gasteiger partial charge in [0.05, 0.1) is 5.71 Å². The lowest BCUT2D eigenvalue weighted by Crippen LogP contribution is -1.97. The Hall–Kier alpha value is -2.09. The summed E-state index contributed by atoms with van der Waals surface area (Å²) in [5, 5.41) is 4.13. The topological polar surface area (TPSA) is 21.6 Å². The fraction of sp³-hybridized carbons (Fsp3) is 0.188. The van der Waals surface area contributed by atoms with Crippen molar-refractivity contribution < 1.29 is 4.84 Å². The molecule has 1 radical (unpaired) electrons. The molecule has 0 aliphatic carbocycles. The lowest BCUT2D eigenvalue weighted by Gasteiger charge is -2.03. The van der Waals surface area contributed by atoms with Gasteiger partial charge in [0.1, 0.15) is 6.61 Å². The van der Waals surface area contributed by atoms with E-state index in [9.17, 15) is 0 Å². The fourth-order valence-electron chi connectivity index (χ4n) is 1.64. The Bertz CT molecular complexity index is 532. The number of oxime groups is 1. The maximum atomic E-state index is 5.35. The molecule has 0 heterocycles. The van der Waals surface area contributed by atoms with Crippen molar-refractivity contribution in [3.8, 4) is 0 Å². The summed E-state index contributed by atoms with van der Waals surface area (Å²) in [4.78, 5) is 5.35. The Balaban J connectivity index is 1.97. The fourth-order valence-corrected chi connectivity index (χ4v) is 1.64. The molecule has 2 aromatic rings. The first-order chi connectivity index (χ1) is 8.75. The lowest BCUT2D eigenvalue weighted by molar-refractivity contribution is 0.130. The number of hydrogen-bond acceptors (Lipinski definition) is 2. The van der Waals surface area contributed by atoms with E-state index in [2.05, 4.69) is 11.2 Å². The van der Waals surface area contributed by atoms with Gasteiger partial charge in [-0.15, -0.1) is 0 Å². The zero-order valence-corrected chi connectivity index (χ0v) is 10.7. The van der Waals surface area contributed by atoms with Crippen molar-refractivity contribution in [1.82, 2.24) is 0 Å². The SMILES string of the molecule is CC(=NOCc1ccccc1)c1cc[c]c(C)c1. The van der Waals surface area contributed by atoms with Crippen LogP contribution in [-0.4, -0.2) is 5.71 Å². The molecule has 0 aliphatic heterocycles. The maximum Gasteiger partial charge on any atom is 0.142 e. The van der Waals surface area contributed by atoms with E-state index in [4.69, 9.17) is 4.84 Å². The van der Waals surface area contributed by atoms with Gasteiger partial charge in [0, 0.05) is 0 Å². The second-order valence-corrected chi connectivity index (χ2v) is 4.20. The molecule has 0 atom stereocenters. The van der Waals surface area contributed by atoms with Crippen LogP contribution in [0.1, 0.15) is 23.6 Å². The van der Waals surface area contributed by atoms with Crippen LogP contribution in [0.25, 0.3) is 0 Å². The van der Waals surface area contributed by atoms with E-state index in [0.29, 0.717) is 6.61 Å². The first-order valence-corrected chi connectivity index (χ1v) is 5.95. The van der Waals surface area contributed by atoms with Gasteiger partial charge in [-0.25, -0.2) is 0 Å². The second-order valence-electron chi connectivity index (χ2n) is 4.20. The van der Waals surface area contributed by atoms with Gasteiger partial charge in [0.2, 0.25) is 0 Å². The summed E-state index contributed by atoms with van der Waals surface area (Å²) < 4.78 is 0.